The summed E-state index contributed by atoms with van der Waals surface area (Å²) in [5, 5.41) is 11.3. The summed E-state index contributed by atoms with van der Waals surface area (Å²) in [6.07, 6.45) is 0. The topological polar surface area (TPSA) is 23.5 Å². The molecule has 0 radical (unpaired) electrons. The number of hydrogen-bond acceptors (Lipinski definition) is 2. The smallest absolute Gasteiger partial charge is 0.120 e. The molecule has 1 aliphatic rings. The monoisotopic (exact) mass is 439 g/mol. The zero-order chi connectivity index (χ0) is 23.1. The van der Waals surface area contributed by atoms with Gasteiger partial charge in [0.25, 0.3) is 0 Å². The van der Waals surface area contributed by atoms with Gasteiger partial charge in [-0.15, -0.1) is 0 Å². The Morgan fingerprint density at radius 2 is 0.971 bits per heavy atom. The third-order valence-electron chi connectivity index (χ3n) is 6.97. The lowest BCUT2D eigenvalue weighted by atomic mass is 9.61. The fourth-order valence-electron chi connectivity index (χ4n) is 5.61. The van der Waals surface area contributed by atoms with Crippen LogP contribution >= 0.6 is 0 Å². The SMILES string of the molecule is Cc1ccccc1C1(c2ccccc2O)c2ccccc2N(c2ccccc2)c2ccccc21. The van der Waals surface area contributed by atoms with Gasteiger partial charge in [-0.3, -0.25) is 0 Å². The van der Waals surface area contributed by atoms with Crippen molar-refractivity contribution in [3.63, 3.8) is 0 Å². The highest BCUT2D eigenvalue weighted by atomic mass is 16.3. The number of phenolic OH excluding ortho intramolecular Hbond substituents is 1. The summed E-state index contributed by atoms with van der Waals surface area (Å²) in [6, 6.07) is 44.0. The Bertz CT molecular complexity index is 1390. The molecular formula is C32H25NO. The van der Waals surface area contributed by atoms with Crippen LogP contribution in [-0.4, -0.2) is 5.11 Å². The van der Waals surface area contributed by atoms with Crippen LogP contribution in [0.2, 0.25) is 0 Å². The molecule has 0 aliphatic carbocycles. The van der Waals surface area contributed by atoms with E-state index in [2.05, 4.69) is 115 Å². The molecule has 0 fully saturated rings. The van der Waals surface area contributed by atoms with Gasteiger partial charge in [0.1, 0.15) is 5.75 Å². The first-order chi connectivity index (χ1) is 16.7. The van der Waals surface area contributed by atoms with E-state index in [1.807, 2.05) is 18.2 Å². The minimum atomic E-state index is -0.671. The van der Waals surface area contributed by atoms with Crippen molar-refractivity contribution in [3.8, 4) is 5.75 Å². The largest absolute Gasteiger partial charge is 0.508 e. The van der Waals surface area contributed by atoms with Crippen LogP contribution in [0.4, 0.5) is 17.1 Å². The van der Waals surface area contributed by atoms with Crippen LogP contribution in [0.15, 0.2) is 127 Å². The number of nitrogens with zero attached hydrogens (tertiary/aromatic N) is 1. The van der Waals surface area contributed by atoms with Gasteiger partial charge in [0.15, 0.2) is 0 Å². The molecule has 5 aromatic carbocycles. The second kappa shape index (κ2) is 7.93. The van der Waals surface area contributed by atoms with E-state index >= 15 is 0 Å². The van der Waals surface area contributed by atoms with E-state index in [4.69, 9.17) is 0 Å². The molecule has 0 aromatic heterocycles. The maximum absolute atomic E-state index is 11.3. The van der Waals surface area contributed by atoms with E-state index in [9.17, 15) is 5.11 Å². The summed E-state index contributed by atoms with van der Waals surface area (Å²) in [4.78, 5) is 2.33. The van der Waals surface area contributed by atoms with E-state index in [1.54, 1.807) is 6.07 Å². The normalized spacial score (nSPS) is 13.7. The van der Waals surface area contributed by atoms with Crippen molar-refractivity contribution in [2.24, 2.45) is 0 Å². The Hall–Kier alpha value is -4.30. The molecule has 1 aliphatic heterocycles. The van der Waals surface area contributed by atoms with Crippen molar-refractivity contribution in [1.29, 1.82) is 0 Å². The highest BCUT2D eigenvalue weighted by Gasteiger charge is 2.48. The van der Waals surface area contributed by atoms with Crippen molar-refractivity contribution >= 4 is 17.1 Å². The van der Waals surface area contributed by atoms with Crippen molar-refractivity contribution in [2.45, 2.75) is 12.3 Å². The Morgan fingerprint density at radius 3 is 1.56 bits per heavy atom. The van der Waals surface area contributed by atoms with Gasteiger partial charge >= 0.3 is 0 Å². The molecule has 0 saturated heterocycles. The first-order valence-electron chi connectivity index (χ1n) is 11.6. The predicted octanol–water partition coefficient (Wildman–Crippen LogP) is 7.87. The minimum absolute atomic E-state index is 0.295. The lowest BCUT2D eigenvalue weighted by Crippen LogP contribution is -2.38. The maximum atomic E-state index is 11.3. The third kappa shape index (κ3) is 2.82. The lowest BCUT2D eigenvalue weighted by Gasteiger charge is -2.47. The fraction of sp³-hybridized carbons (Fsp3) is 0.0625. The predicted molar refractivity (Wildman–Crippen MR) is 139 cm³/mol. The summed E-state index contributed by atoms with van der Waals surface area (Å²) >= 11 is 0. The van der Waals surface area contributed by atoms with Crippen LogP contribution < -0.4 is 4.90 Å². The second-order valence-electron chi connectivity index (χ2n) is 8.79. The number of aromatic hydroxyl groups is 1. The quantitative estimate of drug-likeness (QED) is 0.303. The first-order valence-corrected chi connectivity index (χ1v) is 11.6. The zero-order valence-electron chi connectivity index (χ0n) is 19.0. The molecule has 2 heteroatoms. The highest BCUT2D eigenvalue weighted by Crippen LogP contribution is 2.59. The molecule has 2 nitrogen and oxygen atoms in total. The maximum Gasteiger partial charge on any atom is 0.120 e. The molecule has 6 rings (SSSR count). The van der Waals surface area contributed by atoms with Crippen molar-refractivity contribution in [3.05, 3.63) is 155 Å². The van der Waals surface area contributed by atoms with Gasteiger partial charge in [-0.05, 0) is 59.5 Å². The van der Waals surface area contributed by atoms with E-state index in [-0.39, 0.29) is 0 Å². The Balaban J connectivity index is 1.82. The molecule has 0 spiro atoms. The Morgan fingerprint density at radius 1 is 0.500 bits per heavy atom. The number of hydrogen-bond donors (Lipinski definition) is 1. The first kappa shape index (κ1) is 20.3. The van der Waals surface area contributed by atoms with Crippen molar-refractivity contribution in [2.75, 3.05) is 4.90 Å². The summed E-state index contributed by atoms with van der Waals surface area (Å²) in [5.74, 6) is 0.295. The van der Waals surface area contributed by atoms with Crippen molar-refractivity contribution < 1.29 is 5.11 Å². The van der Waals surface area contributed by atoms with Gasteiger partial charge in [-0.25, -0.2) is 0 Å². The molecular weight excluding hydrogens is 414 g/mol. The third-order valence-corrected chi connectivity index (χ3v) is 6.97. The molecule has 0 atom stereocenters. The average Bonchev–Trinajstić information content (AvgIpc) is 2.89. The van der Waals surface area contributed by atoms with Crippen LogP contribution in [0.3, 0.4) is 0 Å². The van der Waals surface area contributed by atoms with Gasteiger partial charge < -0.3 is 10.0 Å². The summed E-state index contributed by atoms with van der Waals surface area (Å²) in [7, 11) is 0. The van der Waals surface area contributed by atoms with E-state index in [1.165, 1.54) is 11.1 Å². The zero-order valence-corrected chi connectivity index (χ0v) is 19.0. The molecule has 5 aromatic rings. The van der Waals surface area contributed by atoms with Crippen molar-refractivity contribution in [1.82, 2.24) is 0 Å². The Kier molecular flexibility index (Phi) is 4.74. The van der Waals surface area contributed by atoms with Crippen LogP contribution in [0.25, 0.3) is 0 Å². The molecule has 1 N–H and O–H groups in total. The highest BCUT2D eigenvalue weighted by molar-refractivity contribution is 5.89. The molecule has 164 valence electrons. The number of rotatable bonds is 3. The molecule has 34 heavy (non-hydrogen) atoms. The number of para-hydroxylation sites is 4. The summed E-state index contributed by atoms with van der Waals surface area (Å²) in [6.45, 7) is 2.16. The van der Waals surface area contributed by atoms with Crippen LogP contribution in [0, 0.1) is 6.92 Å². The number of benzene rings is 5. The Labute approximate surface area is 200 Å². The van der Waals surface area contributed by atoms with Gasteiger partial charge in [-0.1, -0.05) is 97.1 Å². The number of anilines is 3. The van der Waals surface area contributed by atoms with Crippen LogP contribution in [0.1, 0.15) is 27.8 Å². The molecule has 0 unspecified atom stereocenters. The van der Waals surface area contributed by atoms with E-state index < -0.39 is 5.41 Å². The lowest BCUT2D eigenvalue weighted by molar-refractivity contribution is 0.460. The second-order valence-corrected chi connectivity index (χ2v) is 8.79. The standard InChI is InChI=1S/C32H25NO/c1-23-13-5-6-16-25(23)32(28-19-9-12-22-31(28)34)26-17-7-10-20-29(26)33(24-14-3-2-4-15-24)30-21-11-8-18-27(30)32/h2-22,34H,1H3. The fourth-order valence-corrected chi connectivity index (χ4v) is 5.61. The average molecular weight is 440 g/mol. The minimum Gasteiger partial charge on any atom is -0.508 e. The number of fused-ring (bicyclic) bond motifs is 2. The summed E-state index contributed by atoms with van der Waals surface area (Å²) < 4.78 is 0. The van der Waals surface area contributed by atoms with E-state index in [0.29, 0.717) is 5.75 Å². The molecule has 0 amide bonds. The van der Waals surface area contributed by atoms with Gasteiger partial charge in [0, 0.05) is 11.3 Å². The molecule has 0 saturated carbocycles. The van der Waals surface area contributed by atoms with Crippen LogP contribution in [0.5, 0.6) is 5.75 Å². The summed E-state index contributed by atoms with van der Waals surface area (Å²) in [5.41, 5.74) is 8.19. The van der Waals surface area contributed by atoms with Gasteiger partial charge in [0.2, 0.25) is 0 Å². The van der Waals surface area contributed by atoms with E-state index in [0.717, 1.165) is 33.8 Å². The molecule has 0 bridgehead atoms. The number of phenols is 1. The molecule has 1 heterocycles. The van der Waals surface area contributed by atoms with Gasteiger partial charge in [0.05, 0.1) is 16.8 Å². The van der Waals surface area contributed by atoms with Gasteiger partial charge in [-0.2, -0.15) is 0 Å². The van der Waals surface area contributed by atoms with Crippen LogP contribution in [-0.2, 0) is 5.41 Å². The number of aryl methyl sites for hydroxylation is 1.